The van der Waals surface area contributed by atoms with E-state index in [1.165, 1.54) is 6.92 Å². The Morgan fingerprint density at radius 2 is 1.91 bits per heavy atom. The van der Waals surface area contributed by atoms with Crippen LogP contribution in [0.5, 0.6) is 0 Å². The van der Waals surface area contributed by atoms with Crippen LogP contribution in [-0.4, -0.2) is 62.8 Å². The van der Waals surface area contributed by atoms with Crippen LogP contribution in [0.25, 0.3) is 0 Å². The fraction of sp³-hybridized carbons (Fsp3) is 0.400. The monoisotopic (exact) mass is 467 g/mol. The molecule has 1 aromatic heterocycles. The van der Waals surface area contributed by atoms with Crippen LogP contribution < -0.4 is 16.6 Å². The highest BCUT2D eigenvalue weighted by atomic mass is 19.1. The summed E-state index contributed by atoms with van der Waals surface area (Å²) in [6.45, 7) is 0.804. The Bertz CT molecular complexity index is 1100. The maximum Gasteiger partial charge on any atom is 0.408 e. The summed E-state index contributed by atoms with van der Waals surface area (Å²) in [4.78, 5) is 48.7. The fourth-order valence-corrected chi connectivity index (χ4v) is 3.04. The molecule has 178 valence electrons. The molecule has 1 amide bonds. The molecule has 0 radical (unpaired) electrons. The van der Waals surface area contributed by atoms with E-state index in [-0.39, 0.29) is 6.61 Å². The molecule has 2 aromatic rings. The predicted octanol–water partition coefficient (Wildman–Crippen LogP) is -0.847. The summed E-state index contributed by atoms with van der Waals surface area (Å²) in [7, 11) is 0. The molecule has 0 saturated carbocycles. The highest BCUT2D eigenvalue weighted by Gasteiger charge is 2.45. The van der Waals surface area contributed by atoms with Crippen LogP contribution in [0.3, 0.4) is 0 Å². The minimum absolute atomic E-state index is 0.000535. The van der Waals surface area contributed by atoms with Crippen LogP contribution in [0, 0.1) is 5.82 Å². The zero-order valence-corrected chi connectivity index (χ0v) is 17.3. The first kappa shape index (κ1) is 24.1. The number of H-pyrrole nitrogens is 1. The lowest BCUT2D eigenvalue weighted by molar-refractivity contribution is -0.152. The lowest BCUT2D eigenvalue weighted by Crippen LogP contribution is -2.41. The molecule has 1 aromatic carbocycles. The number of nitrogens with zero attached hydrogens (tertiary/aromatic N) is 1. The average molecular weight is 467 g/mol. The Morgan fingerprint density at radius 1 is 1.21 bits per heavy atom. The standard InChI is InChI=1S/C20H22FN3O9/c1-10(22-20(30)32-8-11-5-3-2-4-6-11)18(28)31-9-13-14(25)15(26)17(33-13)24-7-12(21)16(27)23-19(24)29/h2-7,10,13-15,17,25-26H,8-9H2,1H3,(H,22,30)(H,23,27,29)/t10?,13-,14-,15+,17-/m1/s1. The first-order valence-electron chi connectivity index (χ1n) is 9.83. The number of hydrogen-bond acceptors (Lipinski definition) is 9. The number of aliphatic hydroxyl groups excluding tert-OH is 2. The Labute approximate surface area is 185 Å². The second-order valence-corrected chi connectivity index (χ2v) is 7.25. The van der Waals surface area contributed by atoms with Gasteiger partial charge in [0.1, 0.15) is 37.6 Å². The summed E-state index contributed by atoms with van der Waals surface area (Å²) >= 11 is 0. The molecule has 13 heteroatoms. The van der Waals surface area contributed by atoms with Crippen molar-refractivity contribution < 1.29 is 38.4 Å². The quantitative estimate of drug-likeness (QED) is 0.379. The number of carbonyl (C=O) groups excluding carboxylic acids is 2. The first-order valence-corrected chi connectivity index (χ1v) is 9.83. The lowest BCUT2D eigenvalue weighted by Gasteiger charge is -2.18. The number of alkyl carbamates (subject to hydrolysis) is 1. The van der Waals surface area contributed by atoms with Crippen molar-refractivity contribution in [2.24, 2.45) is 0 Å². The molecule has 2 heterocycles. The van der Waals surface area contributed by atoms with Gasteiger partial charge in [-0.05, 0) is 12.5 Å². The van der Waals surface area contributed by atoms with Gasteiger partial charge in [-0.15, -0.1) is 0 Å². The third-order valence-electron chi connectivity index (χ3n) is 4.83. The number of aromatic amines is 1. The van der Waals surface area contributed by atoms with Gasteiger partial charge in [0.05, 0.1) is 6.20 Å². The summed E-state index contributed by atoms with van der Waals surface area (Å²) in [6.07, 6.45) is -6.40. The molecule has 3 rings (SSSR count). The Morgan fingerprint density at radius 3 is 2.61 bits per heavy atom. The number of ether oxygens (including phenoxy) is 3. The minimum Gasteiger partial charge on any atom is -0.461 e. The minimum atomic E-state index is -1.68. The van der Waals surface area contributed by atoms with E-state index in [2.05, 4.69) is 5.32 Å². The van der Waals surface area contributed by atoms with Crippen molar-refractivity contribution in [2.75, 3.05) is 6.61 Å². The Kier molecular flexibility index (Phi) is 7.58. The number of hydrogen-bond donors (Lipinski definition) is 4. The molecule has 1 aliphatic heterocycles. The molecular formula is C20H22FN3O9. The van der Waals surface area contributed by atoms with Gasteiger partial charge in [-0.25, -0.2) is 14.4 Å². The van der Waals surface area contributed by atoms with Gasteiger partial charge in [0.15, 0.2) is 6.23 Å². The number of rotatable bonds is 7. The Balaban J connectivity index is 1.51. The Hall–Kier alpha value is -3.55. The van der Waals surface area contributed by atoms with Crippen molar-refractivity contribution in [3.05, 3.63) is 68.7 Å². The summed E-state index contributed by atoms with van der Waals surface area (Å²) in [5.41, 5.74) is -1.56. The zero-order valence-electron chi connectivity index (χ0n) is 17.3. The van der Waals surface area contributed by atoms with Gasteiger partial charge in [0.25, 0.3) is 5.56 Å². The van der Waals surface area contributed by atoms with Crippen LogP contribution >= 0.6 is 0 Å². The highest BCUT2D eigenvalue weighted by molar-refractivity contribution is 5.80. The number of amides is 1. The number of carbonyl (C=O) groups is 2. The third kappa shape index (κ3) is 5.83. The van der Waals surface area contributed by atoms with E-state index >= 15 is 0 Å². The summed E-state index contributed by atoms with van der Waals surface area (Å²) in [5, 5.41) is 22.6. The van der Waals surface area contributed by atoms with Crippen LogP contribution in [0.2, 0.25) is 0 Å². The maximum absolute atomic E-state index is 13.5. The summed E-state index contributed by atoms with van der Waals surface area (Å²) in [6, 6.07) is 7.78. The molecule has 1 fully saturated rings. The van der Waals surface area contributed by atoms with E-state index < -0.39 is 66.3 Å². The first-order chi connectivity index (χ1) is 15.7. The topological polar surface area (TPSA) is 169 Å². The fourth-order valence-electron chi connectivity index (χ4n) is 3.04. The molecule has 0 aliphatic carbocycles. The van der Waals surface area contributed by atoms with Gasteiger partial charge in [0.2, 0.25) is 5.82 Å². The van der Waals surface area contributed by atoms with Crippen LogP contribution in [-0.2, 0) is 25.6 Å². The average Bonchev–Trinajstić information content (AvgIpc) is 3.07. The van der Waals surface area contributed by atoms with E-state index in [0.717, 1.165) is 5.56 Å². The van der Waals surface area contributed by atoms with Gasteiger partial charge < -0.3 is 29.7 Å². The number of halogens is 1. The normalized spacial score (nSPS) is 23.0. The predicted molar refractivity (Wildman–Crippen MR) is 107 cm³/mol. The number of aromatic nitrogens is 2. The molecule has 0 spiro atoms. The SMILES string of the molecule is CC(NC(=O)OCc1ccccc1)C(=O)OC[C@H]1O[C@@H](n2cc(F)c(=O)[nH]c2=O)[C@@H](O)[C@@H]1O. The van der Waals surface area contributed by atoms with Crippen LogP contribution in [0.15, 0.2) is 46.1 Å². The zero-order chi connectivity index (χ0) is 24.1. The van der Waals surface area contributed by atoms with E-state index in [1.807, 2.05) is 6.07 Å². The van der Waals surface area contributed by atoms with Gasteiger partial charge >= 0.3 is 17.8 Å². The number of esters is 1. The van der Waals surface area contributed by atoms with Crippen LogP contribution in [0.4, 0.5) is 9.18 Å². The molecular weight excluding hydrogens is 445 g/mol. The molecule has 33 heavy (non-hydrogen) atoms. The van der Waals surface area contributed by atoms with Gasteiger partial charge in [-0.1, -0.05) is 30.3 Å². The summed E-state index contributed by atoms with van der Waals surface area (Å²) in [5.74, 6) is -2.18. The van der Waals surface area contributed by atoms with Gasteiger partial charge in [0, 0.05) is 0 Å². The molecule has 0 bridgehead atoms. The molecule has 1 aliphatic rings. The lowest BCUT2D eigenvalue weighted by atomic mass is 10.1. The number of aliphatic hydroxyl groups is 2. The van der Waals surface area contributed by atoms with E-state index in [4.69, 9.17) is 14.2 Å². The van der Waals surface area contributed by atoms with Crippen molar-refractivity contribution >= 4 is 12.1 Å². The third-order valence-corrected chi connectivity index (χ3v) is 4.83. The van der Waals surface area contributed by atoms with Crippen molar-refractivity contribution in [1.82, 2.24) is 14.9 Å². The number of nitrogens with one attached hydrogen (secondary N) is 2. The molecule has 12 nitrogen and oxygen atoms in total. The number of benzene rings is 1. The molecule has 1 unspecified atom stereocenters. The van der Waals surface area contributed by atoms with Crippen molar-refractivity contribution in [3.63, 3.8) is 0 Å². The second-order valence-electron chi connectivity index (χ2n) is 7.25. The highest BCUT2D eigenvalue weighted by Crippen LogP contribution is 2.28. The largest absolute Gasteiger partial charge is 0.461 e. The van der Waals surface area contributed by atoms with Crippen LogP contribution in [0.1, 0.15) is 18.7 Å². The smallest absolute Gasteiger partial charge is 0.408 e. The van der Waals surface area contributed by atoms with E-state index in [1.54, 1.807) is 29.2 Å². The maximum atomic E-state index is 13.5. The van der Waals surface area contributed by atoms with Gasteiger partial charge in [-0.2, -0.15) is 4.39 Å². The van der Waals surface area contributed by atoms with Crippen molar-refractivity contribution in [1.29, 1.82) is 0 Å². The summed E-state index contributed by atoms with van der Waals surface area (Å²) < 4.78 is 29.4. The molecule has 5 atom stereocenters. The van der Waals surface area contributed by atoms with E-state index in [9.17, 15) is 33.8 Å². The molecule has 1 saturated heterocycles. The van der Waals surface area contributed by atoms with Crippen molar-refractivity contribution in [3.8, 4) is 0 Å². The molecule has 4 N–H and O–H groups in total. The van der Waals surface area contributed by atoms with E-state index in [0.29, 0.717) is 10.8 Å². The second kappa shape index (κ2) is 10.4. The van der Waals surface area contributed by atoms with Crippen molar-refractivity contribution in [2.45, 2.75) is 44.1 Å². The van der Waals surface area contributed by atoms with Gasteiger partial charge in [-0.3, -0.25) is 14.3 Å².